The van der Waals surface area contributed by atoms with Gasteiger partial charge in [0.05, 0.1) is 17.6 Å². The SMILES string of the molecule is CCNC(c1ccc(OC)c(Br)c1)c1sccc1CC. The molecule has 2 rings (SSSR count). The van der Waals surface area contributed by atoms with Crippen LogP contribution in [0.4, 0.5) is 0 Å². The number of hydrogen-bond acceptors (Lipinski definition) is 3. The summed E-state index contributed by atoms with van der Waals surface area (Å²) >= 11 is 5.40. The third-order valence-electron chi connectivity index (χ3n) is 3.34. The van der Waals surface area contributed by atoms with E-state index < -0.39 is 0 Å². The predicted molar refractivity (Wildman–Crippen MR) is 89.9 cm³/mol. The molecule has 108 valence electrons. The second-order valence-corrected chi connectivity index (χ2v) is 6.35. The highest BCUT2D eigenvalue weighted by molar-refractivity contribution is 9.10. The van der Waals surface area contributed by atoms with Gasteiger partial charge in [0.15, 0.2) is 0 Å². The first-order chi connectivity index (χ1) is 9.71. The molecule has 0 fully saturated rings. The first-order valence-electron chi connectivity index (χ1n) is 6.84. The molecule has 0 amide bonds. The Morgan fingerprint density at radius 3 is 2.70 bits per heavy atom. The second-order valence-electron chi connectivity index (χ2n) is 4.55. The molecule has 4 heteroatoms. The molecular weight excluding hydrogens is 334 g/mol. The molecular formula is C16H20BrNOS. The van der Waals surface area contributed by atoms with Gasteiger partial charge in [0, 0.05) is 4.88 Å². The Bertz CT molecular complexity index is 567. The highest BCUT2D eigenvalue weighted by atomic mass is 79.9. The van der Waals surface area contributed by atoms with Crippen LogP contribution in [0.3, 0.4) is 0 Å². The molecule has 0 spiro atoms. The summed E-state index contributed by atoms with van der Waals surface area (Å²) in [4.78, 5) is 1.41. The smallest absolute Gasteiger partial charge is 0.133 e. The summed E-state index contributed by atoms with van der Waals surface area (Å²) in [5.41, 5.74) is 2.68. The monoisotopic (exact) mass is 353 g/mol. The van der Waals surface area contributed by atoms with E-state index in [9.17, 15) is 0 Å². The molecule has 0 aliphatic rings. The fourth-order valence-corrected chi connectivity index (χ4v) is 3.98. The Hall–Kier alpha value is -0.840. The third-order valence-corrected chi connectivity index (χ3v) is 4.98. The van der Waals surface area contributed by atoms with Gasteiger partial charge in [0.25, 0.3) is 0 Å². The van der Waals surface area contributed by atoms with Crippen molar-refractivity contribution < 1.29 is 4.74 Å². The van der Waals surface area contributed by atoms with E-state index >= 15 is 0 Å². The summed E-state index contributed by atoms with van der Waals surface area (Å²) in [5.74, 6) is 0.867. The molecule has 0 radical (unpaired) electrons. The highest BCUT2D eigenvalue weighted by Gasteiger charge is 2.18. The van der Waals surface area contributed by atoms with E-state index in [0.717, 1.165) is 23.2 Å². The quantitative estimate of drug-likeness (QED) is 0.806. The van der Waals surface area contributed by atoms with Gasteiger partial charge in [-0.2, -0.15) is 0 Å². The van der Waals surface area contributed by atoms with Gasteiger partial charge in [-0.3, -0.25) is 0 Å². The number of hydrogen-bond donors (Lipinski definition) is 1. The standard InChI is InChI=1S/C16H20BrNOS/c1-4-11-8-9-20-16(11)15(18-5-2)12-6-7-14(19-3)13(17)10-12/h6-10,15,18H,4-5H2,1-3H3. The summed E-state index contributed by atoms with van der Waals surface area (Å²) in [6, 6.07) is 8.77. The fourth-order valence-electron chi connectivity index (χ4n) is 2.32. The molecule has 1 N–H and O–H groups in total. The number of nitrogens with one attached hydrogen (secondary N) is 1. The molecule has 0 bridgehead atoms. The molecule has 20 heavy (non-hydrogen) atoms. The normalized spacial score (nSPS) is 12.4. The highest BCUT2D eigenvalue weighted by Crippen LogP contribution is 2.34. The average molecular weight is 354 g/mol. The Labute approximate surface area is 133 Å². The zero-order valence-corrected chi connectivity index (χ0v) is 14.5. The van der Waals surface area contributed by atoms with Gasteiger partial charge in [0.2, 0.25) is 0 Å². The van der Waals surface area contributed by atoms with Gasteiger partial charge in [-0.1, -0.05) is 19.9 Å². The molecule has 0 saturated heterocycles. The Morgan fingerprint density at radius 1 is 1.30 bits per heavy atom. The van der Waals surface area contributed by atoms with Crippen LogP contribution in [0, 0.1) is 0 Å². The maximum Gasteiger partial charge on any atom is 0.133 e. The third kappa shape index (κ3) is 3.25. The summed E-state index contributed by atoms with van der Waals surface area (Å²) in [6.07, 6.45) is 1.07. The average Bonchev–Trinajstić information content (AvgIpc) is 2.92. The Kier molecular flexibility index (Phi) is 5.64. The molecule has 2 nitrogen and oxygen atoms in total. The second kappa shape index (κ2) is 7.25. The van der Waals surface area contributed by atoms with Crippen LogP contribution in [0.15, 0.2) is 34.1 Å². The van der Waals surface area contributed by atoms with Crippen molar-refractivity contribution in [2.75, 3.05) is 13.7 Å². The molecule has 1 atom stereocenters. The van der Waals surface area contributed by atoms with Gasteiger partial charge < -0.3 is 10.1 Å². The van der Waals surface area contributed by atoms with Gasteiger partial charge in [-0.25, -0.2) is 0 Å². The minimum Gasteiger partial charge on any atom is -0.496 e. The van der Waals surface area contributed by atoms with E-state index in [2.05, 4.69) is 58.7 Å². The van der Waals surface area contributed by atoms with E-state index in [0.29, 0.717) is 0 Å². The summed E-state index contributed by atoms with van der Waals surface area (Å²) in [7, 11) is 1.69. The van der Waals surface area contributed by atoms with Crippen molar-refractivity contribution in [3.8, 4) is 5.75 Å². The number of rotatable bonds is 6. The molecule has 2 aromatic rings. The van der Waals surface area contributed by atoms with Crippen LogP contribution in [0.5, 0.6) is 5.75 Å². The van der Waals surface area contributed by atoms with Crippen LogP contribution in [0.2, 0.25) is 0 Å². The number of halogens is 1. The van der Waals surface area contributed by atoms with Crippen LogP contribution in [-0.4, -0.2) is 13.7 Å². The van der Waals surface area contributed by atoms with Crippen LogP contribution < -0.4 is 10.1 Å². The van der Waals surface area contributed by atoms with E-state index in [4.69, 9.17) is 4.74 Å². The number of thiophene rings is 1. The van der Waals surface area contributed by atoms with Crippen molar-refractivity contribution in [1.29, 1.82) is 0 Å². The molecule has 1 aromatic carbocycles. The van der Waals surface area contributed by atoms with E-state index in [1.54, 1.807) is 7.11 Å². The van der Waals surface area contributed by atoms with Crippen LogP contribution in [0.1, 0.15) is 35.9 Å². The minimum atomic E-state index is 0.247. The number of aryl methyl sites for hydroxylation is 1. The lowest BCUT2D eigenvalue weighted by Gasteiger charge is -2.19. The largest absolute Gasteiger partial charge is 0.496 e. The zero-order valence-electron chi connectivity index (χ0n) is 12.1. The van der Waals surface area contributed by atoms with Crippen molar-refractivity contribution in [2.24, 2.45) is 0 Å². The lowest BCUT2D eigenvalue weighted by Crippen LogP contribution is -2.22. The van der Waals surface area contributed by atoms with Crippen molar-refractivity contribution in [1.82, 2.24) is 5.32 Å². The lowest BCUT2D eigenvalue weighted by molar-refractivity contribution is 0.412. The molecule has 0 aliphatic heterocycles. The fraction of sp³-hybridized carbons (Fsp3) is 0.375. The van der Waals surface area contributed by atoms with Gasteiger partial charge in [0.1, 0.15) is 5.75 Å². The van der Waals surface area contributed by atoms with Crippen LogP contribution in [0.25, 0.3) is 0 Å². The maximum atomic E-state index is 5.31. The topological polar surface area (TPSA) is 21.3 Å². The van der Waals surface area contributed by atoms with Crippen LogP contribution in [-0.2, 0) is 6.42 Å². The summed E-state index contributed by atoms with van der Waals surface area (Å²) in [6.45, 7) is 5.29. The molecule has 1 unspecified atom stereocenters. The van der Waals surface area contributed by atoms with Crippen molar-refractivity contribution in [2.45, 2.75) is 26.3 Å². The zero-order chi connectivity index (χ0) is 14.5. The molecule has 0 aliphatic carbocycles. The van der Waals surface area contributed by atoms with Crippen LogP contribution >= 0.6 is 27.3 Å². The van der Waals surface area contributed by atoms with E-state index in [-0.39, 0.29) is 6.04 Å². The Morgan fingerprint density at radius 2 is 2.10 bits per heavy atom. The first-order valence-corrected chi connectivity index (χ1v) is 8.51. The molecule has 1 aromatic heterocycles. The van der Waals surface area contributed by atoms with E-state index in [1.165, 1.54) is 16.0 Å². The molecule has 0 saturated carbocycles. The van der Waals surface area contributed by atoms with Gasteiger partial charge in [-0.15, -0.1) is 11.3 Å². The van der Waals surface area contributed by atoms with Crippen molar-refractivity contribution in [3.63, 3.8) is 0 Å². The summed E-state index contributed by atoms with van der Waals surface area (Å²) < 4.78 is 6.31. The first kappa shape index (κ1) is 15.5. The number of methoxy groups -OCH3 is 1. The molecule has 1 heterocycles. The Balaban J connectivity index is 2.40. The minimum absolute atomic E-state index is 0.247. The lowest BCUT2D eigenvalue weighted by atomic mass is 10.0. The van der Waals surface area contributed by atoms with E-state index in [1.807, 2.05) is 17.4 Å². The van der Waals surface area contributed by atoms with Crippen molar-refractivity contribution >= 4 is 27.3 Å². The van der Waals surface area contributed by atoms with Gasteiger partial charge in [-0.05, 0) is 63.6 Å². The number of ether oxygens (including phenoxy) is 1. The van der Waals surface area contributed by atoms with Crippen molar-refractivity contribution in [3.05, 3.63) is 50.1 Å². The predicted octanol–water partition coefficient (Wildman–Crippen LogP) is 4.78. The summed E-state index contributed by atoms with van der Waals surface area (Å²) in [5, 5.41) is 5.77. The number of benzene rings is 1. The maximum absolute atomic E-state index is 5.31. The van der Waals surface area contributed by atoms with Gasteiger partial charge >= 0.3 is 0 Å².